The Labute approximate surface area is 66.2 Å². The van der Waals surface area contributed by atoms with E-state index in [2.05, 4.69) is 0 Å². The molecule has 0 aliphatic carbocycles. The highest BCUT2D eigenvalue weighted by atomic mass is 32.2. The molecule has 0 saturated carbocycles. The lowest BCUT2D eigenvalue weighted by atomic mass is 10.1. The van der Waals surface area contributed by atoms with Crippen LogP contribution in [0.4, 0.5) is 0 Å². The largest absolute Gasteiger partial charge is 0.388 e. The summed E-state index contributed by atoms with van der Waals surface area (Å²) in [6.45, 7) is 0. The van der Waals surface area contributed by atoms with E-state index in [-0.39, 0.29) is 23.3 Å². The summed E-state index contributed by atoms with van der Waals surface area (Å²) in [5, 5.41) is 6.97. The highest BCUT2D eigenvalue weighted by Crippen LogP contribution is 2.20. The zero-order chi connectivity index (χ0) is 8.48. The van der Waals surface area contributed by atoms with Gasteiger partial charge in [-0.25, -0.2) is 8.42 Å². The molecule has 0 aromatic heterocycles. The summed E-state index contributed by atoms with van der Waals surface area (Å²) in [5.41, 5.74) is 5.15. The van der Waals surface area contributed by atoms with Crippen LogP contribution >= 0.6 is 0 Å². The van der Waals surface area contributed by atoms with Gasteiger partial charge in [-0.1, -0.05) is 0 Å². The maximum absolute atomic E-state index is 10.9. The summed E-state index contributed by atoms with van der Waals surface area (Å²) in [7, 11) is -2.79. The Kier molecular flexibility index (Phi) is 2.17. The normalized spacial score (nSPS) is 28.5. The van der Waals surface area contributed by atoms with Crippen LogP contribution in [0, 0.1) is 11.3 Å². The minimum atomic E-state index is -2.79. The SMILES string of the molecule is N=C(N)CC1CCS(=O)(=O)C1. The van der Waals surface area contributed by atoms with Crippen LogP contribution in [0.5, 0.6) is 0 Å². The third-order valence-corrected chi connectivity index (χ3v) is 3.67. The summed E-state index contributed by atoms with van der Waals surface area (Å²) in [6.07, 6.45) is 1.10. The Balaban J connectivity index is 2.49. The maximum atomic E-state index is 10.9. The van der Waals surface area contributed by atoms with Gasteiger partial charge in [0.1, 0.15) is 0 Å². The third kappa shape index (κ3) is 2.49. The van der Waals surface area contributed by atoms with E-state index in [1.807, 2.05) is 0 Å². The summed E-state index contributed by atoms with van der Waals surface area (Å²) in [5.74, 6) is 0.668. The average Bonchev–Trinajstić information content (AvgIpc) is 2.08. The number of sulfone groups is 1. The molecule has 5 heteroatoms. The van der Waals surface area contributed by atoms with Crippen molar-refractivity contribution in [1.29, 1.82) is 5.41 Å². The van der Waals surface area contributed by atoms with Crippen LogP contribution in [0.15, 0.2) is 0 Å². The lowest BCUT2D eigenvalue weighted by molar-refractivity contribution is 0.594. The van der Waals surface area contributed by atoms with Crippen LogP contribution < -0.4 is 5.73 Å². The molecule has 0 aromatic carbocycles. The van der Waals surface area contributed by atoms with Gasteiger partial charge in [0.15, 0.2) is 9.84 Å². The van der Waals surface area contributed by atoms with Crippen molar-refractivity contribution in [2.45, 2.75) is 12.8 Å². The number of hydrogen-bond acceptors (Lipinski definition) is 3. The molecular weight excluding hydrogens is 164 g/mol. The highest BCUT2D eigenvalue weighted by molar-refractivity contribution is 7.91. The molecule has 1 fully saturated rings. The monoisotopic (exact) mass is 176 g/mol. The number of nitrogens with two attached hydrogens (primary N) is 1. The van der Waals surface area contributed by atoms with Crippen LogP contribution in [-0.2, 0) is 9.84 Å². The quantitative estimate of drug-likeness (QED) is 0.449. The zero-order valence-corrected chi connectivity index (χ0v) is 7.02. The van der Waals surface area contributed by atoms with Crippen molar-refractivity contribution in [3.63, 3.8) is 0 Å². The van der Waals surface area contributed by atoms with Crippen molar-refractivity contribution in [2.75, 3.05) is 11.5 Å². The van der Waals surface area contributed by atoms with Gasteiger partial charge in [-0.15, -0.1) is 0 Å². The zero-order valence-electron chi connectivity index (χ0n) is 6.21. The van der Waals surface area contributed by atoms with Gasteiger partial charge in [-0.3, -0.25) is 5.41 Å². The van der Waals surface area contributed by atoms with E-state index in [1.54, 1.807) is 0 Å². The number of amidine groups is 1. The standard InChI is InChI=1S/C6H12N2O2S/c7-6(8)3-5-1-2-11(9,10)4-5/h5H,1-4H2,(H3,7,8). The maximum Gasteiger partial charge on any atom is 0.150 e. The topological polar surface area (TPSA) is 84.0 Å². The second kappa shape index (κ2) is 2.81. The number of rotatable bonds is 2. The molecule has 11 heavy (non-hydrogen) atoms. The molecule has 0 amide bonds. The second-order valence-electron chi connectivity index (χ2n) is 3.00. The Hall–Kier alpha value is -0.580. The van der Waals surface area contributed by atoms with Gasteiger partial charge in [-0.2, -0.15) is 0 Å². The predicted octanol–water partition coefficient (Wildman–Crippen LogP) is -0.253. The van der Waals surface area contributed by atoms with Gasteiger partial charge in [0.25, 0.3) is 0 Å². The van der Waals surface area contributed by atoms with Gasteiger partial charge >= 0.3 is 0 Å². The third-order valence-electron chi connectivity index (χ3n) is 1.84. The smallest absolute Gasteiger partial charge is 0.150 e. The molecule has 1 unspecified atom stereocenters. The number of hydrogen-bond donors (Lipinski definition) is 2. The molecule has 1 heterocycles. The van der Waals surface area contributed by atoms with E-state index in [1.165, 1.54) is 0 Å². The van der Waals surface area contributed by atoms with Gasteiger partial charge in [-0.05, 0) is 12.3 Å². The molecule has 0 bridgehead atoms. The average molecular weight is 176 g/mol. The molecule has 64 valence electrons. The molecule has 0 aromatic rings. The van der Waals surface area contributed by atoms with Crippen molar-refractivity contribution in [2.24, 2.45) is 11.7 Å². The van der Waals surface area contributed by atoms with E-state index in [0.717, 1.165) is 0 Å². The van der Waals surface area contributed by atoms with Crippen LogP contribution in [0.1, 0.15) is 12.8 Å². The van der Waals surface area contributed by atoms with Crippen molar-refractivity contribution in [3.8, 4) is 0 Å². The van der Waals surface area contributed by atoms with Crippen LogP contribution in [0.3, 0.4) is 0 Å². The fourth-order valence-electron chi connectivity index (χ4n) is 1.34. The van der Waals surface area contributed by atoms with Gasteiger partial charge < -0.3 is 5.73 Å². The summed E-state index contributed by atoms with van der Waals surface area (Å²) in [4.78, 5) is 0. The highest BCUT2D eigenvalue weighted by Gasteiger charge is 2.27. The molecule has 1 rings (SSSR count). The lowest BCUT2D eigenvalue weighted by Crippen LogP contribution is -2.16. The fourth-order valence-corrected chi connectivity index (χ4v) is 3.21. The first kappa shape index (κ1) is 8.52. The Bertz CT molecular complexity index is 258. The molecule has 1 saturated heterocycles. The summed E-state index contributed by atoms with van der Waals surface area (Å²) < 4.78 is 21.8. The molecule has 4 nitrogen and oxygen atoms in total. The predicted molar refractivity (Wildman–Crippen MR) is 43.3 cm³/mol. The Morgan fingerprint density at radius 2 is 2.27 bits per heavy atom. The van der Waals surface area contributed by atoms with Crippen molar-refractivity contribution < 1.29 is 8.42 Å². The van der Waals surface area contributed by atoms with Crippen LogP contribution in [-0.4, -0.2) is 25.8 Å². The minimum Gasteiger partial charge on any atom is -0.388 e. The van der Waals surface area contributed by atoms with Crippen LogP contribution in [0.2, 0.25) is 0 Å². The van der Waals surface area contributed by atoms with Crippen molar-refractivity contribution in [3.05, 3.63) is 0 Å². The Morgan fingerprint density at radius 1 is 1.64 bits per heavy atom. The van der Waals surface area contributed by atoms with Gasteiger partial charge in [0.05, 0.1) is 17.3 Å². The van der Waals surface area contributed by atoms with E-state index in [0.29, 0.717) is 12.8 Å². The first-order valence-electron chi connectivity index (χ1n) is 3.53. The molecule has 1 aliphatic heterocycles. The van der Waals surface area contributed by atoms with Crippen molar-refractivity contribution in [1.82, 2.24) is 0 Å². The fraction of sp³-hybridized carbons (Fsp3) is 0.833. The van der Waals surface area contributed by atoms with Crippen LogP contribution in [0.25, 0.3) is 0 Å². The first-order chi connectivity index (χ1) is 4.99. The first-order valence-corrected chi connectivity index (χ1v) is 5.35. The van der Waals surface area contributed by atoms with E-state index >= 15 is 0 Å². The minimum absolute atomic E-state index is 0.0899. The molecule has 3 N–H and O–H groups in total. The molecule has 0 radical (unpaired) electrons. The lowest BCUT2D eigenvalue weighted by Gasteiger charge is -2.03. The molecular formula is C6H12N2O2S. The summed E-state index contributed by atoms with van der Waals surface area (Å²) >= 11 is 0. The van der Waals surface area contributed by atoms with Crippen molar-refractivity contribution >= 4 is 15.7 Å². The molecule has 1 aliphatic rings. The second-order valence-corrected chi connectivity index (χ2v) is 5.23. The van der Waals surface area contributed by atoms with Gasteiger partial charge in [0.2, 0.25) is 0 Å². The Morgan fingerprint density at radius 3 is 2.64 bits per heavy atom. The van der Waals surface area contributed by atoms with E-state index in [4.69, 9.17) is 11.1 Å². The van der Waals surface area contributed by atoms with E-state index < -0.39 is 9.84 Å². The van der Waals surface area contributed by atoms with Gasteiger partial charge in [0, 0.05) is 6.42 Å². The van der Waals surface area contributed by atoms with E-state index in [9.17, 15) is 8.42 Å². The molecule has 0 spiro atoms. The number of nitrogens with one attached hydrogen (secondary N) is 1. The summed E-state index contributed by atoms with van der Waals surface area (Å²) in [6, 6.07) is 0. The molecule has 1 atom stereocenters.